The standard InChI is InChI=1S/C7H18O2Si/c1-6(8)5-7(9)10(2,3)4/h6-9H,5H2,1-4H3. The third kappa shape index (κ3) is 4.03. The molecule has 2 N–H and O–H groups in total. The minimum Gasteiger partial charge on any atom is -0.396 e. The molecule has 0 heterocycles. The Labute approximate surface area is 63.9 Å². The summed E-state index contributed by atoms with van der Waals surface area (Å²) in [7, 11) is -1.43. The van der Waals surface area contributed by atoms with Gasteiger partial charge in [0.1, 0.15) is 0 Å². The molecule has 0 fully saturated rings. The van der Waals surface area contributed by atoms with E-state index in [0.29, 0.717) is 6.42 Å². The summed E-state index contributed by atoms with van der Waals surface area (Å²) in [5, 5.41) is 18.4. The molecule has 0 aliphatic rings. The maximum atomic E-state index is 9.46. The molecule has 0 radical (unpaired) electrons. The Balaban J connectivity index is 3.73. The van der Waals surface area contributed by atoms with Crippen LogP contribution < -0.4 is 0 Å². The molecular formula is C7H18O2Si. The Morgan fingerprint density at radius 2 is 1.60 bits per heavy atom. The molecule has 0 aromatic carbocycles. The van der Waals surface area contributed by atoms with Crippen molar-refractivity contribution < 1.29 is 10.2 Å². The third-order valence-corrected chi connectivity index (χ3v) is 3.80. The summed E-state index contributed by atoms with van der Waals surface area (Å²) in [5.41, 5.74) is -0.271. The first-order valence-electron chi connectivity index (χ1n) is 3.70. The second kappa shape index (κ2) is 3.51. The van der Waals surface area contributed by atoms with Crippen molar-refractivity contribution in [2.75, 3.05) is 0 Å². The molecule has 62 valence electrons. The third-order valence-electron chi connectivity index (χ3n) is 1.56. The summed E-state index contributed by atoms with van der Waals surface area (Å²) in [4.78, 5) is 0. The van der Waals surface area contributed by atoms with Crippen LogP contribution in [0.15, 0.2) is 0 Å². The van der Waals surface area contributed by atoms with Crippen molar-refractivity contribution in [2.45, 2.75) is 44.8 Å². The Morgan fingerprint density at radius 3 is 1.70 bits per heavy atom. The van der Waals surface area contributed by atoms with Crippen LogP contribution in [-0.2, 0) is 0 Å². The molecule has 0 bridgehead atoms. The predicted octanol–water partition coefficient (Wildman–Crippen LogP) is 0.996. The van der Waals surface area contributed by atoms with E-state index in [1.165, 1.54) is 0 Å². The van der Waals surface area contributed by atoms with Gasteiger partial charge < -0.3 is 10.2 Å². The average Bonchev–Trinajstić information content (AvgIpc) is 1.60. The van der Waals surface area contributed by atoms with Crippen LogP contribution >= 0.6 is 0 Å². The number of hydrogen-bond donors (Lipinski definition) is 2. The van der Waals surface area contributed by atoms with Gasteiger partial charge in [-0.2, -0.15) is 0 Å². The van der Waals surface area contributed by atoms with Crippen molar-refractivity contribution in [3.05, 3.63) is 0 Å². The Bertz CT molecular complexity index is 96.3. The van der Waals surface area contributed by atoms with Crippen molar-refractivity contribution >= 4 is 8.07 Å². The molecule has 0 aromatic heterocycles. The van der Waals surface area contributed by atoms with Gasteiger partial charge in [0.15, 0.2) is 0 Å². The quantitative estimate of drug-likeness (QED) is 0.608. The van der Waals surface area contributed by atoms with Crippen molar-refractivity contribution in [1.82, 2.24) is 0 Å². The largest absolute Gasteiger partial charge is 0.396 e. The van der Waals surface area contributed by atoms with E-state index in [4.69, 9.17) is 5.11 Å². The molecule has 0 aliphatic carbocycles. The predicted molar refractivity (Wildman–Crippen MR) is 45.7 cm³/mol. The lowest BCUT2D eigenvalue weighted by Crippen LogP contribution is -2.39. The van der Waals surface area contributed by atoms with Crippen molar-refractivity contribution in [3.63, 3.8) is 0 Å². The first-order chi connectivity index (χ1) is 4.34. The minimum absolute atomic E-state index is 0.271. The van der Waals surface area contributed by atoms with Crippen LogP contribution in [0.25, 0.3) is 0 Å². The fourth-order valence-corrected chi connectivity index (χ4v) is 1.72. The van der Waals surface area contributed by atoms with Gasteiger partial charge in [-0.05, 0) is 13.3 Å². The monoisotopic (exact) mass is 162 g/mol. The van der Waals surface area contributed by atoms with E-state index in [-0.39, 0.29) is 11.8 Å². The van der Waals surface area contributed by atoms with Crippen LogP contribution in [0.1, 0.15) is 13.3 Å². The Kier molecular flexibility index (Phi) is 3.55. The van der Waals surface area contributed by atoms with Gasteiger partial charge in [0.2, 0.25) is 0 Å². The molecule has 10 heavy (non-hydrogen) atoms. The average molecular weight is 162 g/mol. The maximum absolute atomic E-state index is 9.46. The van der Waals surface area contributed by atoms with Gasteiger partial charge >= 0.3 is 0 Å². The molecule has 0 saturated carbocycles. The first kappa shape index (κ1) is 10.1. The van der Waals surface area contributed by atoms with Crippen LogP contribution in [0.3, 0.4) is 0 Å². The smallest absolute Gasteiger partial charge is 0.0782 e. The first-order valence-corrected chi connectivity index (χ1v) is 7.28. The minimum atomic E-state index is -1.43. The highest BCUT2D eigenvalue weighted by molar-refractivity contribution is 6.77. The van der Waals surface area contributed by atoms with Crippen LogP contribution in [0, 0.1) is 0 Å². The molecule has 0 rings (SSSR count). The van der Waals surface area contributed by atoms with Crippen molar-refractivity contribution in [1.29, 1.82) is 0 Å². The maximum Gasteiger partial charge on any atom is 0.0782 e. The summed E-state index contributed by atoms with van der Waals surface area (Å²) >= 11 is 0. The molecular weight excluding hydrogens is 144 g/mol. The summed E-state index contributed by atoms with van der Waals surface area (Å²) in [6.07, 6.45) is 0.150. The molecule has 0 aromatic rings. The van der Waals surface area contributed by atoms with Gasteiger partial charge in [0, 0.05) is 5.73 Å². The molecule has 2 nitrogen and oxygen atoms in total. The Hall–Kier alpha value is 0.137. The molecule has 2 unspecified atom stereocenters. The number of hydrogen-bond acceptors (Lipinski definition) is 2. The SMILES string of the molecule is CC(O)CC(O)[Si](C)(C)C. The van der Waals surface area contributed by atoms with Crippen LogP contribution in [0.4, 0.5) is 0 Å². The lowest BCUT2D eigenvalue weighted by Gasteiger charge is -2.24. The van der Waals surface area contributed by atoms with Gasteiger partial charge in [-0.1, -0.05) is 19.6 Å². The zero-order chi connectivity index (χ0) is 8.36. The lowest BCUT2D eigenvalue weighted by atomic mass is 10.3. The van der Waals surface area contributed by atoms with Gasteiger partial charge in [0.05, 0.1) is 14.2 Å². The summed E-state index contributed by atoms with van der Waals surface area (Å²) in [6.45, 7) is 8.00. The van der Waals surface area contributed by atoms with E-state index in [0.717, 1.165) is 0 Å². The number of aliphatic hydroxyl groups excluding tert-OH is 2. The van der Waals surface area contributed by atoms with Crippen LogP contribution in [0.5, 0.6) is 0 Å². The van der Waals surface area contributed by atoms with Gasteiger partial charge in [0.25, 0.3) is 0 Å². The zero-order valence-corrected chi connectivity index (χ0v) is 8.26. The normalized spacial score (nSPS) is 18.6. The lowest BCUT2D eigenvalue weighted by molar-refractivity contribution is 0.126. The van der Waals surface area contributed by atoms with Gasteiger partial charge in [-0.25, -0.2) is 0 Å². The van der Waals surface area contributed by atoms with E-state index in [9.17, 15) is 5.11 Å². The van der Waals surface area contributed by atoms with E-state index < -0.39 is 8.07 Å². The summed E-state index contributed by atoms with van der Waals surface area (Å²) in [6, 6.07) is 0. The fraction of sp³-hybridized carbons (Fsp3) is 1.00. The molecule has 0 aliphatic heterocycles. The molecule has 2 atom stereocenters. The van der Waals surface area contributed by atoms with E-state index >= 15 is 0 Å². The molecule has 0 amide bonds. The molecule has 0 spiro atoms. The molecule has 0 saturated heterocycles. The van der Waals surface area contributed by atoms with E-state index in [1.807, 2.05) is 0 Å². The van der Waals surface area contributed by atoms with Gasteiger partial charge in [-0.3, -0.25) is 0 Å². The fourth-order valence-electron chi connectivity index (χ4n) is 0.677. The zero-order valence-electron chi connectivity index (χ0n) is 7.26. The highest BCUT2D eigenvalue weighted by Crippen LogP contribution is 2.12. The topological polar surface area (TPSA) is 40.5 Å². The van der Waals surface area contributed by atoms with E-state index in [2.05, 4.69) is 19.6 Å². The van der Waals surface area contributed by atoms with Crippen molar-refractivity contribution in [3.8, 4) is 0 Å². The van der Waals surface area contributed by atoms with Crippen molar-refractivity contribution in [2.24, 2.45) is 0 Å². The second-order valence-electron chi connectivity index (χ2n) is 3.97. The highest BCUT2D eigenvalue weighted by atomic mass is 28.3. The second-order valence-corrected chi connectivity index (χ2v) is 9.37. The highest BCUT2D eigenvalue weighted by Gasteiger charge is 2.25. The number of aliphatic hydroxyl groups is 2. The van der Waals surface area contributed by atoms with Gasteiger partial charge in [-0.15, -0.1) is 0 Å². The summed E-state index contributed by atoms with van der Waals surface area (Å²) < 4.78 is 0. The van der Waals surface area contributed by atoms with Crippen LogP contribution in [0.2, 0.25) is 19.6 Å². The van der Waals surface area contributed by atoms with E-state index in [1.54, 1.807) is 6.92 Å². The number of rotatable bonds is 3. The van der Waals surface area contributed by atoms with Crippen LogP contribution in [-0.4, -0.2) is 30.1 Å². The molecule has 3 heteroatoms. The summed E-state index contributed by atoms with van der Waals surface area (Å²) in [5.74, 6) is 0. The Morgan fingerprint density at radius 1 is 1.20 bits per heavy atom.